The van der Waals surface area contributed by atoms with Gasteiger partial charge in [-0.3, -0.25) is 9.59 Å². The average molecular weight is 398 g/mol. The van der Waals surface area contributed by atoms with Crippen molar-refractivity contribution in [2.45, 2.75) is 32.9 Å². The highest BCUT2D eigenvalue weighted by atomic mass is 35.5. The number of nitriles is 1. The maximum atomic E-state index is 12.9. The zero-order chi connectivity index (χ0) is 20.4. The molecule has 0 saturated heterocycles. The van der Waals surface area contributed by atoms with Crippen LogP contribution in [0.5, 0.6) is 0 Å². The summed E-state index contributed by atoms with van der Waals surface area (Å²) in [7, 11) is 0. The summed E-state index contributed by atoms with van der Waals surface area (Å²) in [6.07, 6.45) is -4.45. The third kappa shape index (κ3) is 4.68. The van der Waals surface area contributed by atoms with E-state index in [0.717, 1.165) is 12.1 Å². The van der Waals surface area contributed by atoms with Crippen LogP contribution in [0.25, 0.3) is 0 Å². The zero-order valence-electron chi connectivity index (χ0n) is 14.4. The van der Waals surface area contributed by atoms with Crippen LogP contribution in [0, 0.1) is 25.2 Å². The molecule has 1 heterocycles. The number of halogens is 4. The molecule has 27 heavy (non-hydrogen) atoms. The summed E-state index contributed by atoms with van der Waals surface area (Å²) in [6.45, 7) is 3.26. The van der Waals surface area contributed by atoms with Crippen molar-refractivity contribution in [3.8, 4) is 6.07 Å². The van der Waals surface area contributed by atoms with Crippen molar-refractivity contribution in [2.75, 3.05) is 5.32 Å². The Morgan fingerprint density at radius 1 is 1.33 bits per heavy atom. The predicted molar refractivity (Wildman–Crippen MR) is 94.7 cm³/mol. The predicted octanol–water partition coefficient (Wildman–Crippen LogP) is 4.11. The van der Waals surface area contributed by atoms with Gasteiger partial charge >= 0.3 is 6.18 Å². The largest absolute Gasteiger partial charge is 0.417 e. The SMILES string of the molecule is Cc1[nH]c(=O)c(C#N)c(C)c1CCC(=O)Nc1ccc(Cl)c(C(F)(F)F)c1. The first-order valence-corrected chi connectivity index (χ1v) is 8.21. The summed E-state index contributed by atoms with van der Waals surface area (Å²) in [5.74, 6) is -0.506. The number of aryl methyl sites for hydroxylation is 1. The number of carbonyl (C=O) groups excluding carboxylic acids is 1. The van der Waals surface area contributed by atoms with Crippen molar-refractivity contribution >= 4 is 23.2 Å². The number of nitrogens with zero attached hydrogens (tertiary/aromatic N) is 1. The Morgan fingerprint density at radius 2 is 2.00 bits per heavy atom. The Balaban J connectivity index is 2.15. The maximum Gasteiger partial charge on any atom is 0.417 e. The number of alkyl halides is 3. The summed E-state index contributed by atoms with van der Waals surface area (Å²) in [5, 5.41) is 11.0. The van der Waals surface area contributed by atoms with E-state index in [1.54, 1.807) is 13.8 Å². The molecule has 1 aromatic carbocycles. The molecular formula is C18H15ClF3N3O2. The van der Waals surface area contributed by atoms with E-state index >= 15 is 0 Å². The van der Waals surface area contributed by atoms with Crippen LogP contribution in [0.4, 0.5) is 18.9 Å². The van der Waals surface area contributed by atoms with Crippen molar-refractivity contribution in [2.24, 2.45) is 0 Å². The average Bonchev–Trinajstić information content (AvgIpc) is 2.55. The molecule has 0 aliphatic heterocycles. The molecule has 0 bridgehead atoms. The Bertz CT molecular complexity index is 991. The highest BCUT2D eigenvalue weighted by Crippen LogP contribution is 2.36. The van der Waals surface area contributed by atoms with E-state index in [1.807, 2.05) is 6.07 Å². The van der Waals surface area contributed by atoms with Gasteiger partial charge in [0.25, 0.3) is 5.56 Å². The van der Waals surface area contributed by atoms with Gasteiger partial charge in [0.1, 0.15) is 11.6 Å². The number of rotatable bonds is 4. The fraction of sp³-hybridized carbons (Fsp3) is 0.278. The first kappa shape index (κ1) is 20.5. The molecule has 2 rings (SSSR count). The lowest BCUT2D eigenvalue weighted by atomic mass is 9.99. The lowest BCUT2D eigenvalue weighted by Crippen LogP contribution is -2.18. The molecule has 1 amide bonds. The Hall–Kier alpha value is -2.79. The van der Waals surface area contributed by atoms with Gasteiger partial charge in [-0.05, 0) is 49.6 Å². The van der Waals surface area contributed by atoms with Crippen LogP contribution in [0.2, 0.25) is 5.02 Å². The third-order valence-corrected chi connectivity index (χ3v) is 4.41. The highest BCUT2D eigenvalue weighted by Gasteiger charge is 2.33. The molecule has 0 fully saturated rings. The molecule has 2 aromatic rings. The lowest BCUT2D eigenvalue weighted by Gasteiger charge is -2.13. The Kier molecular flexibility index (Phi) is 5.96. The standard InChI is InChI=1S/C18H15ClF3N3O2/c1-9-12(10(2)24-17(27)13(9)8-23)4-6-16(26)25-11-3-5-15(19)14(7-11)18(20,21)22/h3,5,7H,4,6H2,1-2H3,(H,24,27)(H,25,26). The van der Waals surface area contributed by atoms with Gasteiger partial charge in [-0.15, -0.1) is 0 Å². The molecule has 5 nitrogen and oxygen atoms in total. The van der Waals surface area contributed by atoms with Crippen LogP contribution < -0.4 is 10.9 Å². The number of aromatic amines is 1. The maximum absolute atomic E-state index is 12.9. The quantitative estimate of drug-likeness (QED) is 0.814. The molecule has 0 aliphatic rings. The summed E-state index contributed by atoms with van der Waals surface area (Å²) in [5.41, 5.74) is 0.0864. The third-order valence-electron chi connectivity index (χ3n) is 4.08. The minimum absolute atomic E-state index is 0.0237. The number of anilines is 1. The first-order valence-electron chi connectivity index (χ1n) is 7.83. The topological polar surface area (TPSA) is 85.8 Å². The zero-order valence-corrected chi connectivity index (χ0v) is 15.2. The van der Waals surface area contributed by atoms with Crippen molar-refractivity contribution in [1.29, 1.82) is 5.26 Å². The van der Waals surface area contributed by atoms with E-state index in [1.165, 1.54) is 6.07 Å². The van der Waals surface area contributed by atoms with Crippen LogP contribution in [-0.4, -0.2) is 10.9 Å². The van der Waals surface area contributed by atoms with E-state index in [2.05, 4.69) is 10.3 Å². The van der Waals surface area contributed by atoms with Gasteiger partial charge in [0.05, 0.1) is 10.6 Å². The number of amides is 1. The van der Waals surface area contributed by atoms with E-state index < -0.39 is 28.2 Å². The molecular weight excluding hydrogens is 383 g/mol. The van der Waals surface area contributed by atoms with Gasteiger partial charge in [-0.2, -0.15) is 18.4 Å². The minimum Gasteiger partial charge on any atom is -0.326 e. The molecule has 0 saturated carbocycles. The number of pyridine rings is 1. The number of carbonyl (C=O) groups is 1. The van der Waals surface area contributed by atoms with E-state index in [-0.39, 0.29) is 24.1 Å². The number of aromatic nitrogens is 1. The van der Waals surface area contributed by atoms with E-state index in [4.69, 9.17) is 16.9 Å². The highest BCUT2D eigenvalue weighted by molar-refractivity contribution is 6.31. The molecule has 142 valence electrons. The second-order valence-corrected chi connectivity index (χ2v) is 6.32. The number of hydrogen-bond acceptors (Lipinski definition) is 3. The minimum atomic E-state index is -4.63. The summed E-state index contributed by atoms with van der Waals surface area (Å²) in [6, 6.07) is 4.93. The van der Waals surface area contributed by atoms with Gasteiger partial charge < -0.3 is 10.3 Å². The van der Waals surface area contributed by atoms with E-state index in [9.17, 15) is 22.8 Å². The van der Waals surface area contributed by atoms with Gasteiger partial charge in [-0.25, -0.2) is 0 Å². The van der Waals surface area contributed by atoms with Crippen LogP contribution in [0.1, 0.15) is 34.4 Å². The van der Waals surface area contributed by atoms with Crippen molar-refractivity contribution in [3.63, 3.8) is 0 Å². The molecule has 2 N–H and O–H groups in total. The van der Waals surface area contributed by atoms with Crippen LogP contribution in [0.15, 0.2) is 23.0 Å². The van der Waals surface area contributed by atoms with E-state index in [0.29, 0.717) is 16.8 Å². The Labute approximate surface area is 157 Å². The number of benzene rings is 1. The summed E-state index contributed by atoms with van der Waals surface area (Å²) in [4.78, 5) is 26.4. The number of H-pyrrole nitrogens is 1. The summed E-state index contributed by atoms with van der Waals surface area (Å²) < 4.78 is 38.6. The number of nitrogens with one attached hydrogen (secondary N) is 2. The van der Waals surface area contributed by atoms with Crippen LogP contribution >= 0.6 is 11.6 Å². The van der Waals surface area contributed by atoms with Crippen molar-refractivity contribution in [1.82, 2.24) is 4.98 Å². The molecule has 9 heteroatoms. The van der Waals surface area contributed by atoms with Gasteiger partial charge in [0.15, 0.2) is 0 Å². The van der Waals surface area contributed by atoms with Crippen LogP contribution in [-0.2, 0) is 17.4 Å². The molecule has 0 aliphatic carbocycles. The van der Waals surface area contributed by atoms with Crippen molar-refractivity contribution in [3.05, 3.63) is 61.5 Å². The fourth-order valence-electron chi connectivity index (χ4n) is 2.70. The monoisotopic (exact) mass is 397 g/mol. The van der Waals surface area contributed by atoms with Gasteiger partial charge in [0.2, 0.25) is 5.91 Å². The number of hydrogen-bond donors (Lipinski definition) is 2. The second-order valence-electron chi connectivity index (χ2n) is 5.91. The summed E-state index contributed by atoms with van der Waals surface area (Å²) >= 11 is 5.55. The molecule has 1 aromatic heterocycles. The second kappa shape index (κ2) is 7.84. The first-order chi connectivity index (χ1) is 12.5. The molecule has 0 radical (unpaired) electrons. The molecule has 0 unspecified atom stereocenters. The fourth-order valence-corrected chi connectivity index (χ4v) is 2.93. The normalized spacial score (nSPS) is 11.1. The Morgan fingerprint density at radius 3 is 2.59 bits per heavy atom. The smallest absolute Gasteiger partial charge is 0.326 e. The molecule has 0 spiro atoms. The van der Waals surface area contributed by atoms with Crippen molar-refractivity contribution < 1.29 is 18.0 Å². The van der Waals surface area contributed by atoms with Gasteiger partial charge in [-0.1, -0.05) is 11.6 Å². The van der Waals surface area contributed by atoms with Crippen LogP contribution in [0.3, 0.4) is 0 Å². The van der Waals surface area contributed by atoms with Gasteiger partial charge in [0, 0.05) is 17.8 Å². The lowest BCUT2D eigenvalue weighted by molar-refractivity contribution is -0.137. The molecule has 0 atom stereocenters.